The van der Waals surface area contributed by atoms with E-state index < -0.39 is 22.3 Å². The van der Waals surface area contributed by atoms with Gasteiger partial charge in [-0.05, 0) is 43.5 Å². The van der Waals surface area contributed by atoms with Crippen molar-refractivity contribution in [3.63, 3.8) is 0 Å². The summed E-state index contributed by atoms with van der Waals surface area (Å²) in [4.78, 5) is -0.516. The lowest BCUT2D eigenvalue weighted by Gasteiger charge is -2.18. The second-order valence-corrected chi connectivity index (χ2v) is 5.86. The van der Waals surface area contributed by atoms with E-state index in [1.54, 1.807) is 0 Å². The van der Waals surface area contributed by atoms with Crippen LogP contribution in [0.5, 0.6) is 0 Å². The van der Waals surface area contributed by atoms with Gasteiger partial charge in [0.2, 0.25) is 0 Å². The highest BCUT2D eigenvalue weighted by Gasteiger charge is 2.22. The minimum absolute atomic E-state index is 0.0963. The van der Waals surface area contributed by atoms with Crippen molar-refractivity contribution in [2.24, 2.45) is 0 Å². The van der Waals surface area contributed by atoms with E-state index in [-0.39, 0.29) is 5.56 Å². The van der Waals surface area contributed by atoms with Crippen LogP contribution in [0.1, 0.15) is 32.6 Å². The molecule has 0 aliphatic rings. The fourth-order valence-corrected chi connectivity index (χ4v) is 3.56. The van der Waals surface area contributed by atoms with Gasteiger partial charge in [-0.15, -0.1) is 0 Å². The molecular weight excluding hydrogens is 329 g/mol. The van der Waals surface area contributed by atoms with Crippen LogP contribution in [0.4, 0.5) is 13.2 Å². The van der Waals surface area contributed by atoms with Crippen LogP contribution in [0.3, 0.4) is 0 Å². The van der Waals surface area contributed by atoms with Crippen molar-refractivity contribution in [3.8, 4) is 0 Å². The maximum absolute atomic E-state index is 13.9. The Labute approximate surface area is 124 Å². The van der Waals surface area contributed by atoms with Crippen LogP contribution in [0.15, 0.2) is 24.3 Å². The second-order valence-electron chi connectivity index (χ2n) is 4.94. The molecule has 0 heterocycles. The molecule has 2 rings (SSSR count). The summed E-state index contributed by atoms with van der Waals surface area (Å²) < 4.78 is 40.3. The molecular formula is C16H14BrF3. The molecule has 1 atom stereocenters. The average molecular weight is 343 g/mol. The molecule has 2 aromatic rings. The molecule has 0 saturated heterocycles. The van der Waals surface area contributed by atoms with E-state index in [9.17, 15) is 13.2 Å². The number of hydrogen-bond donors (Lipinski definition) is 0. The first kappa shape index (κ1) is 15.1. The molecule has 1 unspecified atom stereocenters. The van der Waals surface area contributed by atoms with Crippen LogP contribution in [0.25, 0.3) is 0 Å². The molecule has 0 N–H and O–H groups in total. The lowest BCUT2D eigenvalue weighted by Crippen LogP contribution is -2.05. The van der Waals surface area contributed by atoms with E-state index in [1.807, 2.05) is 32.9 Å². The van der Waals surface area contributed by atoms with E-state index in [2.05, 4.69) is 15.9 Å². The van der Waals surface area contributed by atoms with Crippen LogP contribution in [0, 0.1) is 38.2 Å². The number of benzene rings is 2. The van der Waals surface area contributed by atoms with Crippen LogP contribution >= 0.6 is 15.9 Å². The highest BCUT2D eigenvalue weighted by molar-refractivity contribution is 9.09. The largest absolute Gasteiger partial charge is 0.204 e. The maximum Gasteiger partial charge on any atom is 0.194 e. The van der Waals surface area contributed by atoms with Crippen molar-refractivity contribution in [2.75, 3.05) is 0 Å². The van der Waals surface area contributed by atoms with E-state index in [0.29, 0.717) is 0 Å². The first-order valence-corrected chi connectivity index (χ1v) is 7.09. The van der Waals surface area contributed by atoms with Crippen LogP contribution in [-0.4, -0.2) is 0 Å². The molecule has 4 heteroatoms. The molecule has 0 amide bonds. The fraction of sp³-hybridized carbons (Fsp3) is 0.250. The predicted octanol–water partition coefficient (Wildman–Crippen LogP) is 5.51. The van der Waals surface area contributed by atoms with Crippen molar-refractivity contribution in [2.45, 2.75) is 25.6 Å². The van der Waals surface area contributed by atoms with Gasteiger partial charge in [-0.2, -0.15) is 0 Å². The standard InChI is InChI=1S/C16H14BrF3/c1-8-6-9(2)13(10(3)7-8)14(17)11-4-5-12(18)16(20)15(11)19/h4-7,14H,1-3H3. The lowest BCUT2D eigenvalue weighted by atomic mass is 9.94. The van der Waals surface area contributed by atoms with Crippen molar-refractivity contribution >= 4 is 15.9 Å². The number of rotatable bonds is 2. The summed E-state index contributed by atoms with van der Waals surface area (Å²) in [5.74, 6) is -3.76. The minimum Gasteiger partial charge on any atom is -0.204 e. The Morgan fingerprint density at radius 1 is 0.900 bits per heavy atom. The van der Waals surface area contributed by atoms with Gasteiger partial charge in [0.25, 0.3) is 0 Å². The van der Waals surface area contributed by atoms with E-state index in [0.717, 1.165) is 28.3 Å². The third-order valence-corrected chi connectivity index (χ3v) is 4.28. The Hall–Kier alpha value is -1.29. The molecule has 0 radical (unpaired) electrons. The van der Waals surface area contributed by atoms with Crippen molar-refractivity contribution < 1.29 is 13.2 Å². The lowest BCUT2D eigenvalue weighted by molar-refractivity contribution is 0.442. The molecule has 0 saturated carbocycles. The SMILES string of the molecule is Cc1cc(C)c(C(Br)c2ccc(F)c(F)c2F)c(C)c1. The maximum atomic E-state index is 13.9. The molecule has 0 fully saturated rings. The van der Waals surface area contributed by atoms with Gasteiger partial charge < -0.3 is 0 Å². The summed E-state index contributed by atoms with van der Waals surface area (Å²) in [6.07, 6.45) is 0. The predicted molar refractivity (Wildman–Crippen MR) is 77.7 cm³/mol. The Bertz CT molecular complexity index is 642. The van der Waals surface area contributed by atoms with Gasteiger partial charge in [0, 0.05) is 5.56 Å². The molecule has 0 nitrogen and oxygen atoms in total. The highest BCUT2D eigenvalue weighted by Crippen LogP contribution is 2.37. The molecule has 0 aliphatic heterocycles. The van der Waals surface area contributed by atoms with Gasteiger partial charge >= 0.3 is 0 Å². The zero-order valence-electron chi connectivity index (χ0n) is 11.4. The Morgan fingerprint density at radius 3 is 2.00 bits per heavy atom. The Kier molecular flexibility index (Phi) is 4.23. The summed E-state index contributed by atoms with van der Waals surface area (Å²) in [5.41, 5.74) is 4.04. The number of aryl methyl sites for hydroxylation is 3. The Balaban J connectivity index is 2.58. The summed E-state index contributed by atoms with van der Waals surface area (Å²) >= 11 is 3.40. The molecule has 0 aromatic heterocycles. The minimum atomic E-state index is -1.44. The number of halogens is 4. The van der Waals surface area contributed by atoms with E-state index >= 15 is 0 Å². The summed E-state index contributed by atoms with van der Waals surface area (Å²) in [6, 6.07) is 6.18. The molecule has 2 aromatic carbocycles. The Morgan fingerprint density at radius 2 is 1.45 bits per heavy atom. The number of hydrogen-bond acceptors (Lipinski definition) is 0. The first-order chi connectivity index (χ1) is 9.32. The molecule has 106 valence electrons. The third kappa shape index (κ3) is 2.62. The molecule has 0 bridgehead atoms. The van der Waals surface area contributed by atoms with Crippen molar-refractivity contribution in [1.29, 1.82) is 0 Å². The normalized spacial score (nSPS) is 12.6. The molecule has 0 spiro atoms. The molecule has 20 heavy (non-hydrogen) atoms. The highest BCUT2D eigenvalue weighted by atomic mass is 79.9. The zero-order valence-corrected chi connectivity index (χ0v) is 13.0. The second kappa shape index (κ2) is 5.60. The van der Waals surface area contributed by atoms with Gasteiger partial charge in [-0.25, -0.2) is 13.2 Å². The van der Waals surface area contributed by atoms with Crippen LogP contribution in [0.2, 0.25) is 0 Å². The van der Waals surface area contributed by atoms with E-state index in [1.165, 1.54) is 6.07 Å². The zero-order chi connectivity index (χ0) is 15.0. The van der Waals surface area contributed by atoms with E-state index in [4.69, 9.17) is 0 Å². The van der Waals surface area contributed by atoms with Crippen LogP contribution < -0.4 is 0 Å². The number of alkyl halides is 1. The monoisotopic (exact) mass is 342 g/mol. The van der Waals surface area contributed by atoms with Gasteiger partial charge in [0.05, 0.1) is 4.83 Å². The van der Waals surface area contributed by atoms with Crippen molar-refractivity contribution in [1.82, 2.24) is 0 Å². The smallest absolute Gasteiger partial charge is 0.194 e. The third-order valence-electron chi connectivity index (χ3n) is 3.33. The van der Waals surface area contributed by atoms with Gasteiger partial charge in [0.15, 0.2) is 17.5 Å². The average Bonchev–Trinajstić information content (AvgIpc) is 2.34. The summed E-state index contributed by atoms with van der Waals surface area (Å²) in [5, 5.41) is 0. The van der Waals surface area contributed by atoms with Crippen molar-refractivity contribution in [3.05, 3.63) is 69.5 Å². The van der Waals surface area contributed by atoms with Crippen LogP contribution in [-0.2, 0) is 0 Å². The topological polar surface area (TPSA) is 0 Å². The van der Waals surface area contributed by atoms with Gasteiger partial charge in [-0.3, -0.25) is 0 Å². The quantitative estimate of drug-likeness (QED) is 0.498. The van der Waals surface area contributed by atoms with Gasteiger partial charge in [-0.1, -0.05) is 39.7 Å². The fourth-order valence-electron chi connectivity index (χ4n) is 2.48. The molecule has 0 aliphatic carbocycles. The summed E-state index contributed by atoms with van der Waals surface area (Å²) in [7, 11) is 0. The van der Waals surface area contributed by atoms with Gasteiger partial charge in [0.1, 0.15) is 0 Å². The summed E-state index contributed by atoms with van der Waals surface area (Å²) in [6.45, 7) is 5.81. The first-order valence-electron chi connectivity index (χ1n) is 6.18.